The molecule has 0 aromatic rings. The number of hydrogen-bond donors (Lipinski definition) is 1. The summed E-state index contributed by atoms with van der Waals surface area (Å²) in [6.07, 6.45) is 4.04. The minimum absolute atomic E-state index is 0.0231. The zero-order valence-corrected chi connectivity index (χ0v) is 11.5. The second kappa shape index (κ2) is 6.97. The van der Waals surface area contributed by atoms with E-state index in [0.717, 1.165) is 25.7 Å². The third kappa shape index (κ3) is 3.42. The summed E-state index contributed by atoms with van der Waals surface area (Å²) in [5.74, 6) is 0.266. The lowest BCUT2D eigenvalue weighted by molar-refractivity contribution is -0.132. The normalized spacial score (nSPS) is 26.6. The van der Waals surface area contributed by atoms with Gasteiger partial charge in [0.15, 0.2) is 0 Å². The van der Waals surface area contributed by atoms with Crippen LogP contribution in [0.1, 0.15) is 46.5 Å². The van der Waals surface area contributed by atoms with Gasteiger partial charge in [-0.1, -0.05) is 20.3 Å². The van der Waals surface area contributed by atoms with Gasteiger partial charge in [-0.15, -0.1) is 0 Å². The molecule has 0 aromatic heterocycles. The van der Waals surface area contributed by atoms with Crippen LogP contribution in [-0.4, -0.2) is 42.8 Å². The number of methoxy groups -OCH3 is 1. The van der Waals surface area contributed by atoms with Gasteiger partial charge in [-0.3, -0.25) is 10.1 Å². The van der Waals surface area contributed by atoms with E-state index in [9.17, 15) is 4.79 Å². The number of ether oxygens (including phenoxy) is 1. The molecular formula is C13H26N2O2. The summed E-state index contributed by atoms with van der Waals surface area (Å²) >= 11 is 0. The SMILES string of the molecule is CCCC1NC(CC)N(C(C)CCOC)C1=O. The van der Waals surface area contributed by atoms with Crippen LogP contribution in [0.2, 0.25) is 0 Å². The molecule has 4 nitrogen and oxygen atoms in total. The number of carbonyl (C=O) groups excluding carboxylic acids is 1. The van der Waals surface area contributed by atoms with Crippen LogP contribution in [0.15, 0.2) is 0 Å². The van der Waals surface area contributed by atoms with E-state index in [0.29, 0.717) is 6.61 Å². The maximum absolute atomic E-state index is 12.3. The number of amides is 1. The summed E-state index contributed by atoms with van der Waals surface area (Å²) in [7, 11) is 1.70. The van der Waals surface area contributed by atoms with E-state index < -0.39 is 0 Å². The monoisotopic (exact) mass is 242 g/mol. The predicted octanol–water partition coefficient (Wildman–Crippen LogP) is 1.75. The molecule has 3 unspecified atom stereocenters. The smallest absolute Gasteiger partial charge is 0.241 e. The Balaban J connectivity index is 2.64. The summed E-state index contributed by atoms with van der Waals surface area (Å²) in [6, 6.07) is 0.275. The molecule has 1 N–H and O–H groups in total. The molecule has 0 aromatic carbocycles. The van der Waals surface area contributed by atoms with Crippen molar-refractivity contribution in [1.29, 1.82) is 0 Å². The fourth-order valence-corrected chi connectivity index (χ4v) is 2.48. The summed E-state index contributed by atoms with van der Waals surface area (Å²) in [5, 5.41) is 3.43. The first-order valence-electron chi connectivity index (χ1n) is 6.72. The van der Waals surface area contributed by atoms with Gasteiger partial charge in [0.2, 0.25) is 5.91 Å². The van der Waals surface area contributed by atoms with Gasteiger partial charge in [-0.05, 0) is 26.2 Å². The third-order valence-corrected chi connectivity index (χ3v) is 3.46. The summed E-state index contributed by atoms with van der Waals surface area (Å²) in [4.78, 5) is 14.3. The van der Waals surface area contributed by atoms with Crippen molar-refractivity contribution in [3.63, 3.8) is 0 Å². The average molecular weight is 242 g/mol. The molecule has 1 aliphatic heterocycles. The highest BCUT2D eigenvalue weighted by molar-refractivity contribution is 5.84. The number of nitrogens with zero attached hydrogens (tertiary/aromatic N) is 1. The number of rotatable bonds is 7. The largest absolute Gasteiger partial charge is 0.385 e. The predicted molar refractivity (Wildman–Crippen MR) is 68.7 cm³/mol. The molecule has 1 saturated heterocycles. The molecule has 1 heterocycles. The fraction of sp³-hybridized carbons (Fsp3) is 0.923. The minimum atomic E-state index is 0.0231. The van der Waals surface area contributed by atoms with Gasteiger partial charge in [0.1, 0.15) is 0 Å². The molecule has 0 spiro atoms. The van der Waals surface area contributed by atoms with Gasteiger partial charge in [-0.25, -0.2) is 0 Å². The first kappa shape index (κ1) is 14.5. The molecule has 17 heavy (non-hydrogen) atoms. The van der Waals surface area contributed by atoms with Crippen molar-refractivity contribution in [2.45, 2.75) is 64.7 Å². The highest BCUT2D eigenvalue weighted by Gasteiger charge is 2.39. The van der Waals surface area contributed by atoms with E-state index in [1.807, 2.05) is 4.90 Å². The lowest BCUT2D eigenvalue weighted by Gasteiger charge is -2.29. The zero-order chi connectivity index (χ0) is 12.8. The van der Waals surface area contributed by atoms with Crippen LogP contribution in [0.4, 0.5) is 0 Å². The third-order valence-electron chi connectivity index (χ3n) is 3.46. The summed E-state index contributed by atoms with van der Waals surface area (Å²) in [6.45, 7) is 7.05. The van der Waals surface area contributed by atoms with Crippen molar-refractivity contribution < 1.29 is 9.53 Å². The van der Waals surface area contributed by atoms with Gasteiger partial charge in [-0.2, -0.15) is 0 Å². The zero-order valence-electron chi connectivity index (χ0n) is 11.5. The van der Waals surface area contributed by atoms with Crippen LogP contribution >= 0.6 is 0 Å². The first-order chi connectivity index (χ1) is 8.15. The highest BCUT2D eigenvalue weighted by atomic mass is 16.5. The average Bonchev–Trinajstić information content (AvgIpc) is 2.64. The maximum atomic E-state index is 12.3. The van der Waals surface area contributed by atoms with Crippen molar-refractivity contribution in [2.24, 2.45) is 0 Å². The molecule has 1 rings (SSSR count). The van der Waals surface area contributed by atoms with Crippen LogP contribution < -0.4 is 5.32 Å². The Morgan fingerprint density at radius 2 is 2.18 bits per heavy atom. The Kier molecular flexibility index (Phi) is 5.92. The molecule has 1 fully saturated rings. The molecule has 4 heteroatoms. The molecule has 100 valence electrons. The lowest BCUT2D eigenvalue weighted by Crippen LogP contribution is -2.43. The first-order valence-corrected chi connectivity index (χ1v) is 6.72. The number of carbonyl (C=O) groups is 1. The summed E-state index contributed by atoms with van der Waals surface area (Å²) in [5.41, 5.74) is 0. The molecule has 1 aliphatic rings. The molecule has 0 bridgehead atoms. The Morgan fingerprint density at radius 1 is 1.47 bits per heavy atom. The maximum Gasteiger partial charge on any atom is 0.241 e. The van der Waals surface area contributed by atoms with Gasteiger partial charge in [0, 0.05) is 19.8 Å². The standard InChI is InChI=1S/C13H26N2O2/c1-5-7-11-13(16)15(12(6-2)14-11)10(3)8-9-17-4/h10-12,14H,5-9H2,1-4H3. The van der Waals surface area contributed by atoms with Gasteiger partial charge >= 0.3 is 0 Å². The van der Waals surface area contributed by atoms with Gasteiger partial charge < -0.3 is 9.64 Å². The molecule has 3 atom stereocenters. The van der Waals surface area contributed by atoms with Crippen LogP contribution in [0.25, 0.3) is 0 Å². The summed E-state index contributed by atoms with van der Waals surface area (Å²) < 4.78 is 5.09. The molecule has 0 radical (unpaired) electrons. The quantitative estimate of drug-likeness (QED) is 0.739. The second-order valence-electron chi connectivity index (χ2n) is 4.81. The Morgan fingerprint density at radius 3 is 2.71 bits per heavy atom. The van der Waals surface area contributed by atoms with Crippen molar-refractivity contribution >= 4 is 5.91 Å². The van der Waals surface area contributed by atoms with Crippen molar-refractivity contribution in [2.75, 3.05) is 13.7 Å². The van der Waals surface area contributed by atoms with Gasteiger partial charge in [0.25, 0.3) is 0 Å². The van der Waals surface area contributed by atoms with Crippen LogP contribution in [0, 0.1) is 0 Å². The van der Waals surface area contributed by atoms with E-state index >= 15 is 0 Å². The van der Waals surface area contributed by atoms with Crippen molar-refractivity contribution in [3.8, 4) is 0 Å². The topological polar surface area (TPSA) is 41.6 Å². The van der Waals surface area contributed by atoms with Crippen molar-refractivity contribution in [3.05, 3.63) is 0 Å². The van der Waals surface area contributed by atoms with E-state index in [1.54, 1.807) is 7.11 Å². The molecule has 0 saturated carbocycles. The Labute approximate surface area is 105 Å². The van der Waals surface area contributed by atoms with E-state index in [2.05, 4.69) is 26.1 Å². The lowest BCUT2D eigenvalue weighted by atomic mass is 10.1. The molecule has 1 amide bonds. The Bertz CT molecular complexity index is 246. The second-order valence-corrected chi connectivity index (χ2v) is 4.81. The van der Waals surface area contributed by atoms with Crippen molar-refractivity contribution in [1.82, 2.24) is 10.2 Å². The van der Waals surface area contributed by atoms with Crippen LogP contribution in [0.3, 0.4) is 0 Å². The van der Waals surface area contributed by atoms with E-state index in [-0.39, 0.29) is 24.2 Å². The van der Waals surface area contributed by atoms with Crippen LogP contribution in [0.5, 0.6) is 0 Å². The Hall–Kier alpha value is -0.610. The molecule has 0 aliphatic carbocycles. The number of hydrogen-bond acceptors (Lipinski definition) is 3. The van der Waals surface area contributed by atoms with E-state index in [4.69, 9.17) is 4.74 Å². The minimum Gasteiger partial charge on any atom is -0.385 e. The fourth-order valence-electron chi connectivity index (χ4n) is 2.48. The van der Waals surface area contributed by atoms with E-state index in [1.165, 1.54) is 0 Å². The van der Waals surface area contributed by atoms with Gasteiger partial charge in [0.05, 0.1) is 12.2 Å². The molecular weight excluding hydrogens is 216 g/mol. The van der Waals surface area contributed by atoms with Crippen LogP contribution in [-0.2, 0) is 9.53 Å². The highest BCUT2D eigenvalue weighted by Crippen LogP contribution is 2.21. The number of nitrogens with one attached hydrogen (secondary N) is 1.